The minimum absolute atomic E-state index is 0.838. The van der Waals surface area contributed by atoms with Crippen molar-refractivity contribution in [3.8, 4) is 0 Å². The number of nitrogens with zero attached hydrogens (tertiary/aromatic N) is 1. The van der Waals surface area contributed by atoms with Crippen molar-refractivity contribution in [3.63, 3.8) is 0 Å². The summed E-state index contributed by atoms with van der Waals surface area (Å²) in [6.45, 7) is 1.96. The van der Waals surface area contributed by atoms with Gasteiger partial charge < -0.3 is 5.21 Å². The van der Waals surface area contributed by atoms with Crippen LogP contribution in [0.15, 0.2) is 16.8 Å². The smallest absolute Gasteiger partial charge is 0.0824 e. The number of hydrogen-bond donors (Lipinski definition) is 1. The van der Waals surface area contributed by atoms with Crippen LogP contribution in [0.4, 0.5) is 0 Å². The maximum absolute atomic E-state index is 8.28. The monoisotopic (exact) mass is 111 g/mol. The lowest BCUT2D eigenvalue weighted by molar-refractivity contribution is 0.318. The summed E-state index contributed by atoms with van der Waals surface area (Å²) in [4.78, 5) is 0. The first-order valence-corrected chi connectivity index (χ1v) is 2.72. The Bertz CT molecular complexity index is 147. The fraction of sp³-hybridized carbons (Fsp3) is 0.500. The van der Waals surface area contributed by atoms with E-state index < -0.39 is 0 Å². The predicted molar refractivity (Wildman–Crippen MR) is 32.2 cm³/mol. The molecule has 0 aromatic heterocycles. The first kappa shape index (κ1) is 5.35. The maximum Gasteiger partial charge on any atom is 0.0824 e. The van der Waals surface area contributed by atoms with Crippen LogP contribution in [0.25, 0.3) is 0 Å². The summed E-state index contributed by atoms with van der Waals surface area (Å²) in [5.41, 5.74) is 1.96. The summed E-state index contributed by atoms with van der Waals surface area (Å²) in [6.07, 6.45) is 4.02. The maximum atomic E-state index is 8.28. The third kappa shape index (κ3) is 0.735. The lowest BCUT2D eigenvalue weighted by Gasteiger charge is -1.89. The molecule has 0 amide bonds. The molecule has 0 spiro atoms. The molecule has 0 heterocycles. The molecule has 0 aliphatic heterocycles. The van der Waals surface area contributed by atoms with Crippen LogP contribution in [0, 0.1) is 0 Å². The van der Waals surface area contributed by atoms with Crippen molar-refractivity contribution in [3.05, 3.63) is 11.6 Å². The van der Waals surface area contributed by atoms with Gasteiger partial charge in [0.15, 0.2) is 0 Å². The van der Waals surface area contributed by atoms with Crippen LogP contribution < -0.4 is 0 Å². The van der Waals surface area contributed by atoms with Gasteiger partial charge in [-0.3, -0.25) is 0 Å². The molecule has 0 saturated heterocycles. The Hall–Kier alpha value is -0.790. The summed E-state index contributed by atoms with van der Waals surface area (Å²) in [7, 11) is 0. The summed E-state index contributed by atoms with van der Waals surface area (Å²) in [5.74, 6) is 0. The van der Waals surface area contributed by atoms with Gasteiger partial charge in [-0.15, -0.1) is 0 Å². The highest BCUT2D eigenvalue weighted by molar-refractivity contribution is 6.01. The van der Waals surface area contributed by atoms with Gasteiger partial charge >= 0.3 is 0 Å². The molecule has 1 N–H and O–H groups in total. The Labute approximate surface area is 48.5 Å². The van der Waals surface area contributed by atoms with Crippen LogP contribution in [-0.4, -0.2) is 10.9 Å². The van der Waals surface area contributed by atoms with Crippen molar-refractivity contribution in [2.45, 2.75) is 19.8 Å². The summed E-state index contributed by atoms with van der Waals surface area (Å²) in [6, 6.07) is 0. The average molecular weight is 111 g/mol. The summed E-state index contributed by atoms with van der Waals surface area (Å²) >= 11 is 0. The molecule has 0 atom stereocenters. The van der Waals surface area contributed by atoms with Crippen molar-refractivity contribution in [1.82, 2.24) is 0 Å². The zero-order valence-electron chi connectivity index (χ0n) is 4.89. The van der Waals surface area contributed by atoms with Crippen LogP contribution in [-0.2, 0) is 0 Å². The molecule has 0 radical (unpaired) electrons. The minimum Gasteiger partial charge on any atom is -0.411 e. The molecule has 0 saturated carbocycles. The highest BCUT2D eigenvalue weighted by Crippen LogP contribution is 2.13. The molecular weight excluding hydrogens is 102 g/mol. The molecule has 2 nitrogen and oxygen atoms in total. The van der Waals surface area contributed by atoms with Gasteiger partial charge in [-0.05, 0) is 25.3 Å². The molecule has 0 unspecified atom stereocenters. The lowest BCUT2D eigenvalue weighted by Crippen LogP contribution is -1.91. The third-order valence-electron chi connectivity index (χ3n) is 1.41. The van der Waals surface area contributed by atoms with E-state index >= 15 is 0 Å². The van der Waals surface area contributed by atoms with E-state index in [9.17, 15) is 0 Å². The predicted octanol–water partition coefficient (Wildman–Crippen LogP) is 1.56. The Morgan fingerprint density at radius 2 is 2.50 bits per heavy atom. The van der Waals surface area contributed by atoms with Crippen molar-refractivity contribution >= 4 is 5.71 Å². The normalized spacial score (nSPS) is 24.1. The van der Waals surface area contributed by atoms with Gasteiger partial charge in [-0.2, -0.15) is 0 Å². The molecule has 1 rings (SSSR count). The largest absolute Gasteiger partial charge is 0.411 e. The first-order chi connectivity index (χ1) is 3.84. The van der Waals surface area contributed by atoms with E-state index in [1.54, 1.807) is 0 Å². The number of oxime groups is 1. The van der Waals surface area contributed by atoms with Crippen LogP contribution in [0.1, 0.15) is 19.8 Å². The fourth-order valence-corrected chi connectivity index (χ4v) is 0.869. The quantitative estimate of drug-likeness (QED) is 0.373. The first-order valence-electron chi connectivity index (χ1n) is 2.72. The van der Waals surface area contributed by atoms with Crippen molar-refractivity contribution in [2.24, 2.45) is 5.16 Å². The number of allylic oxidation sites excluding steroid dienone is 2. The third-order valence-corrected chi connectivity index (χ3v) is 1.41. The number of rotatable bonds is 0. The molecule has 0 aromatic carbocycles. The second-order valence-electron chi connectivity index (χ2n) is 1.97. The zero-order valence-corrected chi connectivity index (χ0v) is 4.89. The molecule has 44 valence electrons. The van der Waals surface area contributed by atoms with Gasteiger partial charge in [-0.25, -0.2) is 0 Å². The molecule has 0 bridgehead atoms. The highest BCUT2D eigenvalue weighted by Gasteiger charge is 2.07. The van der Waals surface area contributed by atoms with E-state index in [0.29, 0.717) is 0 Å². The zero-order chi connectivity index (χ0) is 5.98. The SMILES string of the molecule is CC1=CCC/C1=N\O. The second kappa shape index (κ2) is 1.99. The molecule has 2 heteroatoms. The van der Waals surface area contributed by atoms with Crippen molar-refractivity contribution in [1.29, 1.82) is 0 Å². The van der Waals surface area contributed by atoms with Gasteiger partial charge in [0.05, 0.1) is 5.71 Å². The average Bonchev–Trinajstić information content (AvgIpc) is 2.14. The van der Waals surface area contributed by atoms with Crippen LogP contribution in [0.2, 0.25) is 0 Å². The molecule has 8 heavy (non-hydrogen) atoms. The van der Waals surface area contributed by atoms with Gasteiger partial charge in [0.25, 0.3) is 0 Å². The van der Waals surface area contributed by atoms with E-state index in [2.05, 4.69) is 11.2 Å². The van der Waals surface area contributed by atoms with Crippen LogP contribution >= 0.6 is 0 Å². The molecule has 0 fully saturated rings. The number of hydrogen-bond acceptors (Lipinski definition) is 2. The van der Waals surface area contributed by atoms with Gasteiger partial charge in [0, 0.05) is 0 Å². The topological polar surface area (TPSA) is 32.6 Å². The van der Waals surface area contributed by atoms with E-state index in [1.807, 2.05) is 6.92 Å². The van der Waals surface area contributed by atoms with Gasteiger partial charge in [-0.1, -0.05) is 11.2 Å². The highest BCUT2D eigenvalue weighted by atomic mass is 16.4. The molecule has 0 aromatic rings. The molecule has 1 aliphatic carbocycles. The van der Waals surface area contributed by atoms with Crippen molar-refractivity contribution < 1.29 is 5.21 Å². The summed E-state index contributed by atoms with van der Waals surface area (Å²) in [5, 5.41) is 11.4. The fourth-order valence-electron chi connectivity index (χ4n) is 0.869. The van der Waals surface area contributed by atoms with Gasteiger partial charge in [0.2, 0.25) is 0 Å². The molecule has 1 aliphatic rings. The standard InChI is InChI=1S/C6H9NO/c1-5-3-2-4-6(5)7-8/h3,8H,2,4H2,1H3/b7-6+. The second-order valence-corrected chi connectivity index (χ2v) is 1.97. The minimum atomic E-state index is 0.838. The van der Waals surface area contributed by atoms with E-state index in [1.165, 1.54) is 0 Å². The van der Waals surface area contributed by atoms with Crippen LogP contribution in [0.3, 0.4) is 0 Å². The Morgan fingerprint density at radius 3 is 2.75 bits per heavy atom. The summed E-state index contributed by atoms with van der Waals surface area (Å²) < 4.78 is 0. The molecular formula is C6H9NO. The van der Waals surface area contributed by atoms with Crippen molar-refractivity contribution in [2.75, 3.05) is 0 Å². The van der Waals surface area contributed by atoms with E-state index in [4.69, 9.17) is 5.21 Å². The lowest BCUT2D eigenvalue weighted by atomic mass is 10.2. The van der Waals surface area contributed by atoms with E-state index in [0.717, 1.165) is 24.1 Å². The van der Waals surface area contributed by atoms with E-state index in [-0.39, 0.29) is 0 Å². The Balaban J connectivity index is 2.74. The van der Waals surface area contributed by atoms with Gasteiger partial charge in [0.1, 0.15) is 0 Å². The Kier molecular flexibility index (Phi) is 1.33. The Morgan fingerprint density at radius 1 is 1.75 bits per heavy atom. The van der Waals surface area contributed by atoms with Crippen LogP contribution in [0.5, 0.6) is 0 Å².